The Hall–Kier alpha value is -3.91. The molecule has 0 fully saturated rings. The molecule has 3 N–H and O–H groups in total. The maximum atomic E-state index is 14.4. The lowest BCUT2D eigenvalue weighted by atomic mass is 10.00. The quantitative estimate of drug-likeness (QED) is 0.122. The molecule has 44 heavy (non-hydrogen) atoms. The Morgan fingerprint density at radius 2 is 0.659 bits per heavy atom. The molecule has 6 rings (SSSR count). The van der Waals surface area contributed by atoms with E-state index in [0.29, 0.717) is 0 Å². The summed E-state index contributed by atoms with van der Waals surface area (Å²) in [6.07, 6.45) is 0. The summed E-state index contributed by atoms with van der Waals surface area (Å²) in [7, 11) is -4.21. The zero-order valence-corrected chi connectivity index (χ0v) is 25.0. The molecule has 0 radical (unpaired) electrons. The van der Waals surface area contributed by atoms with E-state index in [9.17, 15) is 19.9 Å². The van der Waals surface area contributed by atoms with E-state index in [1.807, 2.05) is 109 Å². The second-order valence-electron chi connectivity index (χ2n) is 10.5. The van der Waals surface area contributed by atoms with Gasteiger partial charge in [0, 0.05) is 0 Å². The Balaban J connectivity index is 1.33. The Kier molecular flexibility index (Phi) is 9.17. The van der Waals surface area contributed by atoms with Crippen LogP contribution in [0.2, 0.25) is 0 Å². The Labute approximate surface area is 255 Å². The highest BCUT2D eigenvalue weighted by Gasteiger charge is 2.29. The van der Waals surface area contributed by atoms with Gasteiger partial charge in [-0.05, 0) is 65.7 Å². The highest BCUT2D eigenvalue weighted by molar-refractivity contribution is 7.48. The van der Waals surface area contributed by atoms with Crippen molar-refractivity contribution >= 4 is 40.1 Å². The lowest BCUT2D eigenvalue weighted by Gasteiger charge is -2.21. The third-order valence-corrected chi connectivity index (χ3v) is 9.21. The highest BCUT2D eigenvalue weighted by atomic mass is 31.2. The van der Waals surface area contributed by atoms with E-state index in [4.69, 9.17) is 13.6 Å². The molecule has 8 heteroatoms. The molecule has 224 valence electrons. The largest absolute Gasteiger partial charge is 0.475 e. The van der Waals surface area contributed by atoms with Crippen molar-refractivity contribution in [2.75, 3.05) is 0 Å². The van der Waals surface area contributed by atoms with Gasteiger partial charge in [0.25, 0.3) is 0 Å². The summed E-state index contributed by atoms with van der Waals surface area (Å²) in [5, 5.41) is 35.2. The summed E-state index contributed by atoms with van der Waals surface area (Å²) in [5.74, 6) is 0. The number of aliphatic hydroxyl groups is 3. The lowest BCUT2D eigenvalue weighted by molar-refractivity contribution is 0.0987. The number of fused-ring (bicyclic) bond motifs is 3. The first kappa shape index (κ1) is 30.1. The molecule has 0 aromatic heterocycles. The van der Waals surface area contributed by atoms with Gasteiger partial charge in [-0.2, -0.15) is 0 Å². The van der Waals surface area contributed by atoms with Gasteiger partial charge in [0.2, 0.25) is 0 Å². The molecule has 7 nitrogen and oxygen atoms in total. The molecule has 0 aliphatic rings. The van der Waals surface area contributed by atoms with Crippen molar-refractivity contribution in [1.29, 1.82) is 0 Å². The predicted molar refractivity (Wildman–Crippen MR) is 172 cm³/mol. The molecule has 6 aromatic carbocycles. The predicted octanol–water partition coefficient (Wildman–Crippen LogP) is 7.68. The van der Waals surface area contributed by atoms with Crippen LogP contribution in [0, 0.1) is 0 Å². The van der Waals surface area contributed by atoms with Gasteiger partial charge in [-0.25, -0.2) is 4.57 Å². The van der Waals surface area contributed by atoms with Gasteiger partial charge in [0.05, 0.1) is 39.6 Å². The standard InChI is InChI=1S/C36H33O7P/c37-19-28-13-1-7-25-10-4-16-31(34(25)28)22-41-44(40,42-23-32-17-5-11-26-8-2-14-29(20-38)35(26)32)43-24-33-18-6-12-27-9-3-15-30(21-39)36(27)33/h1-18,37-39H,19-24H2. The summed E-state index contributed by atoms with van der Waals surface area (Å²) < 4.78 is 32.5. The zero-order valence-electron chi connectivity index (χ0n) is 24.1. The number of phosphoric ester groups is 1. The molecule has 0 aliphatic carbocycles. The average Bonchev–Trinajstić information content (AvgIpc) is 3.08. The monoisotopic (exact) mass is 608 g/mol. The normalized spacial score (nSPS) is 12.0. The lowest BCUT2D eigenvalue weighted by Crippen LogP contribution is -2.04. The SMILES string of the molecule is O=P(OCc1cccc2cccc(CO)c12)(OCc1cccc2cccc(CO)c12)OCc1cccc2cccc(CO)c12. The van der Waals surface area contributed by atoms with Gasteiger partial charge in [0.1, 0.15) is 0 Å². The van der Waals surface area contributed by atoms with Gasteiger partial charge in [-0.1, -0.05) is 109 Å². The molecule has 0 aliphatic heterocycles. The molecule has 0 bridgehead atoms. The molecule has 0 heterocycles. The summed E-state index contributed by atoms with van der Waals surface area (Å²) in [4.78, 5) is 0. The molecular weight excluding hydrogens is 575 g/mol. The van der Waals surface area contributed by atoms with Gasteiger partial charge < -0.3 is 15.3 Å². The van der Waals surface area contributed by atoms with Crippen LogP contribution in [-0.2, 0) is 57.8 Å². The summed E-state index contributed by atoms with van der Waals surface area (Å²) in [6, 6.07) is 34.1. The van der Waals surface area contributed by atoms with Gasteiger partial charge in [-0.3, -0.25) is 13.6 Å². The summed E-state index contributed by atoms with van der Waals surface area (Å²) in [5.41, 5.74) is 4.41. The van der Waals surface area contributed by atoms with Crippen LogP contribution in [0.4, 0.5) is 0 Å². The first-order valence-corrected chi connectivity index (χ1v) is 15.8. The molecule has 0 saturated carbocycles. The minimum atomic E-state index is -4.21. The van der Waals surface area contributed by atoms with Crippen molar-refractivity contribution in [3.05, 3.63) is 143 Å². The molecular formula is C36H33O7P. The van der Waals surface area contributed by atoms with Crippen molar-refractivity contribution in [1.82, 2.24) is 0 Å². The third kappa shape index (κ3) is 6.18. The van der Waals surface area contributed by atoms with Crippen LogP contribution in [0.3, 0.4) is 0 Å². The van der Waals surface area contributed by atoms with Crippen molar-refractivity contribution in [3.63, 3.8) is 0 Å². The highest BCUT2D eigenvalue weighted by Crippen LogP contribution is 2.52. The van der Waals surface area contributed by atoms with E-state index < -0.39 is 7.82 Å². The zero-order chi connectivity index (χ0) is 30.5. The van der Waals surface area contributed by atoms with E-state index in [1.165, 1.54) is 0 Å². The van der Waals surface area contributed by atoms with Gasteiger partial charge >= 0.3 is 7.82 Å². The Morgan fingerprint density at radius 1 is 0.409 bits per heavy atom. The minimum Gasteiger partial charge on any atom is -0.392 e. The fraction of sp³-hybridized carbons (Fsp3) is 0.167. The van der Waals surface area contributed by atoms with Crippen LogP contribution in [0.1, 0.15) is 33.4 Å². The number of benzene rings is 6. The van der Waals surface area contributed by atoms with Crippen molar-refractivity contribution in [2.24, 2.45) is 0 Å². The van der Waals surface area contributed by atoms with Crippen LogP contribution < -0.4 is 0 Å². The van der Waals surface area contributed by atoms with E-state index in [-0.39, 0.29) is 39.6 Å². The molecule has 6 aromatic rings. The fourth-order valence-corrected chi connectivity index (χ4v) is 6.93. The van der Waals surface area contributed by atoms with Crippen molar-refractivity contribution in [3.8, 4) is 0 Å². The fourth-order valence-electron chi connectivity index (χ4n) is 5.82. The summed E-state index contributed by atoms with van der Waals surface area (Å²) >= 11 is 0. The smallest absolute Gasteiger partial charge is 0.392 e. The Bertz CT molecular complexity index is 1750. The number of rotatable bonds is 12. The molecule has 0 unspecified atom stereocenters. The average molecular weight is 609 g/mol. The number of aliphatic hydroxyl groups excluding tert-OH is 3. The van der Waals surface area contributed by atoms with Crippen LogP contribution in [0.25, 0.3) is 32.3 Å². The number of hydrogen-bond donors (Lipinski definition) is 3. The van der Waals surface area contributed by atoms with Gasteiger partial charge in [-0.15, -0.1) is 0 Å². The van der Waals surface area contributed by atoms with E-state index >= 15 is 0 Å². The second kappa shape index (κ2) is 13.4. The Morgan fingerprint density at radius 3 is 0.909 bits per heavy atom. The molecule has 0 atom stereocenters. The van der Waals surface area contributed by atoms with Crippen LogP contribution in [-0.4, -0.2) is 15.3 Å². The van der Waals surface area contributed by atoms with E-state index in [2.05, 4.69) is 0 Å². The van der Waals surface area contributed by atoms with E-state index in [1.54, 1.807) is 0 Å². The van der Waals surface area contributed by atoms with Gasteiger partial charge in [0.15, 0.2) is 0 Å². The van der Waals surface area contributed by atoms with Crippen LogP contribution in [0.15, 0.2) is 109 Å². The summed E-state index contributed by atoms with van der Waals surface area (Å²) in [6.45, 7) is -0.702. The first-order valence-electron chi connectivity index (χ1n) is 14.4. The number of hydrogen-bond acceptors (Lipinski definition) is 7. The van der Waals surface area contributed by atoms with Crippen molar-refractivity contribution in [2.45, 2.75) is 39.6 Å². The van der Waals surface area contributed by atoms with Crippen LogP contribution >= 0.6 is 7.82 Å². The molecule has 0 saturated heterocycles. The maximum absolute atomic E-state index is 14.4. The second-order valence-corrected chi connectivity index (χ2v) is 12.2. The van der Waals surface area contributed by atoms with E-state index in [0.717, 1.165) is 65.7 Å². The third-order valence-electron chi connectivity index (χ3n) is 7.88. The topological polar surface area (TPSA) is 105 Å². The molecule has 0 spiro atoms. The maximum Gasteiger partial charge on any atom is 0.475 e. The first-order chi connectivity index (χ1) is 21.5. The molecule has 0 amide bonds. The minimum absolute atomic E-state index is 0.0829. The van der Waals surface area contributed by atoms with Crippen LogP contribution in [0.5, 0.6) is 0 Å². The number of phosphoric acid groups is 1. The van der Waals surface area contributed by atoms with Crippen molar-refractivity contribution < 1.29 is 33.5 Å².